The van der Waals surface area contributed by atoms with Crippen LogP contribution in [0.15, 0.2) is 12.1 Å². The third-order valence-corrected chi connectivity index (χ3v) is 4.15. The number of hydrogen-bond acceptors (Lipinski definition) is 3. The standard InChI is InChI=1S/C18H27NO4/c1-6-12(3)17(18(21)22)19-16(20)7-8-23-15-10-11(2)9-13(4)14(15)5/h9-10,12,17H,6-8H2,1-5H3,(H,19,20)(H,21,22). The number of aliphatic carboxylic acids is 1. The third kappa shape index (κ3) is 5.58. The number of nitrogens with one attached hydrogen (secondary N) is 1. The van der Waals surface area contributed by atoms with E-state index in [2.05, 4.69) is 11.4 Å². The maximum absolute atomic E-state index is 11.9. The first-order chi connectivity index (χ1) is 10.8. The van der Waals surface area contributed by atoms with Gasteiger partial charge in [-0.3, -0.25) is 4.79 Å². The summed E-state index contributed by atoms with van der Waals surface area (Å²) in [5, 5.41) is 11.8. The lowest BCUT2D eigenvalue weighted by molar-refractivity contribution is -0.143. The number of aryl methyl sites for hydroxylation is 2. The fraction of sp³-hybridized carbons (Fsp3) is 0.556. The molecule has 5 nitrogen and oxygen atoms in total. The second kappa shape index (κ2) is 8.56. The van der Waals surface area contributed by atoms with Crippen molar-refractivity contribution in [2.24, 2.45) is 5.92 Å². The maximum Gasteiger partial charge on any atom is 0.326 e. The van der Waals surface area contributed by atoms with E-state index in [1.165, 1.54) is 0 Å². The molecule has 0 aliphatic carbocycles. The predicted octanol–water partition coefficient (Wildman–Crippen LogP) is 3.00. The summed E-state index contributed by atoms with van der Waals surface area (Å²) in [5.74, 6) is -0.649. The zero-order chi connectivity index (χ0) is 17.6. The van der Waals surface area contributed by atoms with Crippen molar-refractivity contribution in [2.45, 2.75) is 53.5 Å². The van der Waals surface area contributed by atoms with Gasteiger partial charge >= 0.3 is 5.97 Å². The van der Waals surface area contributed by atoms with Crippen molar-refractivity contribution in [3.8, 4) is 5.75 Å². The number of amides is 1. The Morgan fingerprint density at radius 1 is 1.26 bits per heavy atom. The van der Waals surface area contributed by atoms with E-state index >= 15 is 0 Å². The van der Waals surface area contributed by atoms with Gasteiger partial charge < -0.3 is 15.2 Å². The van der Waals surface area contributed by atoms with Gasteiger partial charge in [-0.15, -0.1) is 0 Å². The number of benzene rings is 1. The van der Waals surface area contributed by atoms with E-state index < -0.39 is 12.0 Å². The van der Waals surface area contributed by atoms with Gasteiger partial charge in [-0.2, -0.15) is 0 Å². The lowest BCUT2D eigenvalue weighted by atomic mass is 9.99. The normalized spacial score (nSPS) is 13.3. The van der Waals surface area contributed by atoms with Gasteiger partial charge in [-0.1, -0.05) is 26.3 Å². The Balaban J connectivity index is 2.55. The molecule has 0 bridgehead atoms. The summed E-state index contributed by atoms with van der Waals surface area (Å²) in [5.41, 5.74) is 3.31. The third-order valence-electron chi connectivity index (χ3n) is 4.15. The van der Waals surface area contributed by atoms with Gasteiger partial charge in [0, 0.05) is 0 Å². The molecule has 1 amide bonds. The van der Waals surface area contributed by atoms with E-state index in [4.69, 9.17) is 4.74 Å². The van der Waals surface area contributed by atoms with Crippen LogP contribution in [0.2, 0.25) is 0 Å². The zero-order valence-corrected chi connectivity index (χ0v) is 14.6. The lowest BCUT2D eigenvalue weighted by Gasteiger charge is -2.20. The Morgan fingerprint density at radius 2 is 1.91 bits per heavy atom. The van der Waals surface area contributed by atoms with Crippen LogP contribution >= 0.6 is 0 Å². The summed E-state index contributed by atoms with van der Waals surface area (Å²) >= 11 is 0. The van der Waals surface area contributed by atoms with Gasteiger partial charge in [0.2, 0.25) is 5.91 Å². The number of rotatable bonds is 8. The van der Waals surface area contributed by atoms with Crippen LogP contribution in [0.4, 0.5) is 0 Å². The van der Waals surface area contributed by atoms with E-state index in [9.17, 15) is 14.7 Å². The highest BCUT2D eigenvalue weighted by Gasteiger charge is 2.25. The number of carboxylic acid groups (broad SMARTS) is 1. The molecule has 1 aromatic rings. The summed E-state index contributed by atoms with van der Waals surface area (Å²) in [6.07, 6.45) is 0.822. The molecule has 0 radical (unpaired) electrons. The minimum Gasteiger partial charge on any atom is -0.493 e. The Morgan fingerprint density at radius 3 is 2.48 bits per heavy atom. The fourth-order valence-corrected chi connectivity index (χ4v) is 2.33. The summed E-state index contributed by atoms with van der Waals surface area (Å²) in [6, 6.07) is 3.17. The average molecular weight is 321 g/mol. The molecule has 128 valence electrons. The van der Waals surface area contributed by atoms with Crippen LogP contribution in [0, 0.1) is 26.7 Å². The maximum atomic E-state index is 11.9. The van der Waals surface area contributed by atoms with Crippen molar-refractivity contribution < 1.29 is 19.4 Å². The Kier molecular flexibility index (Phi) is 7.07. The first kappa shape index (κ1) is 19.0. The van der Waals surface area contributed by atoms with Crippen LogP contribution in [-0.2, 0) is 9.59 Å². The van der Waals surface area contributed by atoms with Gasteiger partial charge in [-0.25, -0.2) is 4.79 Å². The molecule has 0 aliphatic heterocycles. The number of hydrogen-bond donors (Lipinski definition) is 2. The zero-order valence-electron chi connectivity index (χ0n) is 14.6. The van der Waals surface area contributed by atoms with E-state index in [1.54, 1.807) is 0 Å². The number of carbonyl (C=O) groups excluding carboxylic acids is 1. The van der Waals surface area contributed by atoms with Crippen molar-refractivity contribution >= 4 is 11.9 Å². The Labute approximate surface area is 138 Å². The second-order valence-corrected chi connectivity index (χ2v) is 6.07. The molecule has 0 spiro atoms. The van der Waals surface area contributed by atoms with Crippen molar-refractivity contribution in [2.75, 3.05) is 6.61 Å². The van der Waals surface area contributed by atoms with Gasteiger partial charge in [-0.05, 0) is 49.4 Å². The smallest absolute Gasteiger partial charge is 0.326 e. The van der Waals surface area contributed by atoms with Crippen molar-refractivity contribution in [1.29, 1.82) is 0 Å². The molecule has 0 aromatic heterocycles. The van der Waals surface area contributed by atoms with Crippen LogP contribution in [0.5, 0.6) is 5.75 Å². The van der Waals surface area contributed by atoms with Crippen LogP contribution in [0.1, 0.15) is 43.4 Å². The Hall–Kier alpha value is -2.04. The largest absolute Gasteiger partial charge is 0.493 e. The summed E-state index contributed by atoms with van der Waals surface area (Å²) in [6.45, 7) is 9.93. The molecule has 0 heterocycles. The summed E-state index contributed by atoms with van der Waals surface area (Å²) in [7, 11) is 0. The quantitative estimate of drug-likeness (QED) is 0.772. The van der Waals surface area contributed by atoms with Gasteiger partial charge in [0.1, 0.15) is 11.8 Å². The molecule has 23 heavy (non-hydrogen) atoms. The molecular weight excluding hydrogens is 294 g/mol. The molecule has 1 aromatic carbocycles. The van der Waals surface area contributed by atoms with E-state index in [1.807, 2.05) is 40.7 Å². The number of carbonyl (C=O) groups is 2. The average Bonchev–Trinajstić information content (AvgIpc) is 2.48. The number of carboxylic acids is 1. The second-order valence-electron chi connectivity index (χ2n) is 6.07. The first-order valence-electron chi connectivity index (χ1n) is 7.99. The minimum absolute atomic E-state index is 0.112. The lowest BCUT2D eigenvalue weighted by Crippen LogP contribution is -2.45. The molecule has 2 N–H and O–H groups in total. The molecule has 2 atom stereocenters. The molecule has 0 saturated heterocycles. The minimum atomic E-state index is -1.00. The summed E-state index contributed by atoms with van der Waals surface area (Å²) < 4.78 is 5.69. The molecule has 1 rings (SSSR count). The van der Waals surface area contributed by atoms with Crippen LogP contribution in [0.3, 0.4) is 0 Å². The topological polar surface area (TPSA) is 75.6 Å². The van der Waals surface area contributed by atoms with Crippen molar-refractivity contribution in [3.05, 3.63) is 28.8 Å². The SMILES string of the molecule is CCC(C)C(NC(=O)CCOc1cc(C)cc(C)c1C)C(=O)O. The van der Waals surface area contributed by atoms with Crippen LogP contribution < -0.4 is 10.1 Å². The van der Waals surface area contributed by atoms with Crippen LogP contribution in [-0.4, -0.2) is 29.6 Å². The van der Waals surface area contributed by atoms with Gasteiger partial charge in [0.05, 0.1) is 13.0 Å². The monoisotopic (exact) mass is 321 g/mol. The summed E-state index contributed by atoms with van der Waals surface area (Å²) in [4.78, 5) is 23.1. The molecule has 2 unspecified atom stereocenters. The highest BCUT2D eigenvalue weighted by molar-refractivity contribution is 5.83. The first-order valence-corrected chi connectivity index (χ1v) is 7.99. The van der Waals surface area contributed by atoms with Crippen molar-refractivity contribution in [3.63, 3.8) is 0 Å². The molecule has 0 saturated carbocycles. The van der Waals surface area contributed by atoms with Crippen LogP contribution in [0.25, 0.3) is 0 Å². The Bertz CT molecular complexity index is 568. The van der Waals surface area contributed by atoms with E-state index in [0.29, 0.717) is 6.42 Å². The van der Waals surface area contributed by atoms with Crippen molar-refractivity contribution in [1.82, 2.24) is 5.32 Å². The van der Waals surface area contributed by atoms with E-state index in [-0.39, 0.29) is 24.9 Å². The highest BCUT2D eigenvalue weighted by Crippen LogP contribution is 2.23. The highest BCUT2D eigenvalue weighted by atomic mass is 16.5. The molecular formula is C18H27NO4. The molecule has 0 fully saturated rings. The predicted molar refractivity (Wildman–Crippen MR) is 89.8 cm³/mol. The van der Waals surface area contributed by atoms with Gasteiger partial charge in [0.15, 0.2) is 0 Å². The van der Waals surface area contributed by atoms with E-state index in [0.717, 1.165) is 22.4 Å². The number of ether oxygens (including phenoxy) is 1. The molecule has 5 heteroatoms. The van der Waals surface area contributed by atoms with Gasteiger partial charge in [0.25, 0.3) is 0 Å². The molecule has 0 aliphatic rings. The fourth-order valence-electron chi connectivity index (χ4n) is 2.33.